The van der Waals surface area contributed by atoms with Crippen LogP contribution in [0.1, 0.15) is 43.4 Å². The molecule has 5 nitrogen and oxygen atoms in total. The zero-order valence-electron chi connectivity index (χ0n) is 15.5. The second kappa shape index (κ2) is 6.91. The van der Waals surface area contributed by atoms with E-state index in [1.54, 1.807) is 12.3 Å². The number of anilines is 1. The Morgan fingerprint density at radius 3 is 2.63 bits per heavy atom. The number of hydrogen-bond donors (Lipinski definition) is 2. The number of nitrogens with one attached hydrogen (secondary N) is 2. The van der Waals surface area contributed by atoms with Crippen molar-refractivity contribution in [3.8, 4) is 0 Å². The van der Waals surface area contributed by atoms with Gasteiger partial charge in [-0.2, -0.15) is 0 Å². The highest BCUT2D eigenvalue weighted by Crippen LogP contribution is 2.42. The Labute approximate surface area is 158 Å². The van der Waals surface area contributed by atoms with Gasteiger partial charge < -0.3 is 15.1 Å². The zero-order valence-corrected chi connectivity index (χ0v) is 15.5. The lowest BCUT2D eigenvalue weighted by Crippen LogP contribution is -2.35. The van der Waals surface area contributed by atoms with E-state index in [0.717, 1.165) is 35.5 Å². The van der Waals surface area contributed by atoms with Gasteiger partial charge in [0.1, 0.15) is 5.76 Å². The maximum Gasteiger partial charge on any atom is 0.254 e. The standard InChI is InChI=1S/C22H22N2O3/c1-13-8-10-15(11-9-13)24-22(26)19-14(2)23-16-5-3-6-17(25)20(16)21(19)18-7-4-12-27-18/h4,7-12,21,23H,3,5-6H2,1-2H3,(H,24,26). The van der Waals surface area contributed by atoms with Crippen molar-refractivity contribution in [2.45, 2.75) is 39.0 Å². The fourth-order valence-electron chi connectivity index (χ4n) is 3.86. The Balaban J connectivity index is 1.74. The smallest absolute Gasteiger partial charge is 0.254 e. The van der Waals surface area contributed by atoms with Crippen molar-refractivity contribution in [2.75, 3.05) is 5.32 Å². The van der Waals surface area contributed by atoms with Gasteiger partial charge in [0.2, 0.25) is 0 Å². The summed E-state index contributed by atoms with van der Waals surface area (Å²) in [5.74, 6) is -0.00406. The van der Waals surface area contributed by atoms with E-state index in [1.807, 2.05) is 44.2 Å². The van der Waals surface area contributed by atoms with Crippen molar-refractivity contribution < 1.29 is 14.0 Å². The molecule has 2 heterocycles. The van der Waals surface area contributed by atoms with Crippen LogP contribution in [0.3, 0.4) is 0 Å². The van der Waals surface area contributed by atoms with Crippen molar-refractivity contribution in [1.29, 1.82) is 0 Å². The number of carbonyl (C=O) groups is 2. The summed E-state index contributed by atoms with van der Waals surface area (Å²) in [6, 6.07) is 11.3. The van der Waals surface area contributed by atoms with Gasteiger partial charge in [0.05, 0.1) is 17.8 Å². The Bertz CT molecular complexity index is 950. The number of ketones is 1. The normalized spacial score (nSPS) is 19.6. The topological polar surface area (TPSA) is 71.3 Å². The molecule has 2 N–H and O–H groups in total. The number of Topliss-reactive ketones (excluding diaryl/α,β-unsaturated/α-hetero) is 1. The molecule has 0 saturated heterocycles. The highest BCUT2D eigenvalue weighted by molar-refractivity contribution is 6.09. The van der Waals surface area contributed by atoms with Gasteiger partial charge in [-0.25, -0.2) is 0 Å². The average Bonchev–Trinajstić information content (AvgIpc) is 3.17. The van der Waals surface area contributed by atoms with Crippen LogP contribution in [-0.2, 0) is 9.59 Å². The fourth-order valence-corrected chi connectivity index (χ4v) is 3.86. The Morgan fingerprint density at radius 1 is 1.15 bits per heavy atom. The lowest BCUT2D eigenvalue weighted by molar-refractivity contribution is -0.116. The molecule has 138 valence electrons. The maximum atomic E-state index is 13.2. The minimum Gasteiger partial charge on any atom is -0.468 e. The van der Waals surface area contributed by atoms with Crippen LogP contribution in [0.15, 0.2) is 69.6 Å². The lowest BCUT2D eigenvalue weighted by atomic mass is 9.77. The highest BCUT2D eigenvalue weighted by atomic mass is 16.3. The minimum absolute atomic E-state index is 0.0817. The summed E-state index contributed by atoms with van der Waals surface area (Å²) in [5.41, 5.74) is 4.71. The van der Waals surface area contributed by atoms with Crippen molar-refractivity contribution in [3.63, 3.8) is 0 Å². The highest BCUT2D eigenvalue weighted by Gasteiger charge is 2.39. The van der Waals surface area contributed by atoms with Gasteiger partial charge in [0.15, 0.2) is 5.78 Å². The molecule has 5 heteroatoms. The third-order valence-corrected chi connectivity index (χ3v) is 5.16. The van der Waals surface area contributed by atoms with Crippen molar-refractivity contribution in [3.05, 3.63) is 76.5 Å². The first-order valence-electron chi connectivity index (χ1n) is 9.20. The summed E-state index contributed by atoms with van der Waals surface area (Å²) in [6.07, 6.45) is 3.72. The first kappa shape index (κ1) is 17.3. The maximum absolute atomic E-state index is 13.2. The zero-order chi connectivity index (χ0) is 19.0. The van der Waals surface area contributed by atoms with Crippen LogP contribution < -0.4 is 10.6 Å². The van der Waals surface area contributed by atoms with E-state index >= 15 is 0 Å². The van der Waals surface area contributed by atoms with Gasteiger partial charge in [0, 0.05) is 29.1 Å². The largest absolute Gasteiger partial charge is 0.468 e. The predicted octanol–water partition coefficient (Wildman–Crippen LogP) is 4.19. The number of hydrogen-bond acceptors (Lipinski definition) is 4. The molecule has 0 bridgehead atoms. The summed E-state index contributed by atoms with van der Waals surface area (Å²) in [4.78, 5) is 25.9. The molecule has 1 amide bonds. The number of amides is 1. The van der Waals surface area contributed by atoms with Crippen LogP contribution in [0.4, 0.5) is 5.69 Å². The summed E-state index contributed by atoms with van der Waals surface area (Å²) in [6.45, 7) is 3.88. The number of rotatable bonds is 3. The van der Waals surface area contributed by atoms with Gasteiger partial charge in [-0.3, -0.25) is 9.59 Å². The van der Waals surface area contributed by atoms with E-state index in [4.69, 9.17) is 4.42 Å². The SMILES string of the molecule is CC1=C(C(=O)Nc2ccc(C)cc2)C(c2ccco2)C2=C(CCCC2=O)N1. The van der Waals surface area contributed by atoms with E-state index in [0.29, 0.717) is 23.3 Å². The van der Waals surface area contributed by atoms with Crippen LogP contribution in [0.5, 0.6) is 0 Å². The van der Waals surface area contributed by atoms with Gasteiger partial charge in [-0.1, -0.05) is 17.7 Å². The van der Waals surface area contributed by atoms with E-state index < -0.39 is 5.92 Å². The number of allylic oxidation sites excluding steroid dienone is 3. The van der Waals surface area contributed by atoms with Crippen molar-refractivity contribution in [1.82, 2.24) is 5.32 Å². The van der Waals surface area contributed by atoms with Crippen LogP contribution in [0.25, 0.3) is 0 Å². The molecule has 27 heavy (non-hydrogen) atoms. The molecule has 0 fully saturated rings. The molecule has 2 aliphatic rings. The van der Waals surface area contributed by atoms with E-state index in [9.17, 15) is 9.59 Å². The number of aryl methyl sites for hydroxylation is 1. The first-order chi connectivity index (χ1) is 13.0. The second-order valence-electron chi connectivity index (χ2n) is 7.10. The van der Waals surface area contributed by atoms with Gasteiger partial charge in [-0.15, -0.1) is 0 Å². The third-order valence-electron chi connectivity index (χ3n) is 5.16. The van der Waals surface area contributed by atoms with Crippen LogP contribution in [0, 0.1) is 6.92 Å². The first-order valence-corrected chi connectivity index (χ1v) is 9.20. The van der Waals surface area contributed by atoms with Crippen molar-refractivity contribution in [2.24, 2.45) is 0 Å². The number of furan rings is 1. The molecule has 1 atom stereocenters. The quantitative estimate of drug-likeness (QED) is 0.859. The van der Waals surface area contributed by atoms with Crippen LogP contribution >= 0.6 is 0 Å². The molecule has 1 aromatic heterocycles. The van der Waals surface area contributed by atoms with E-state index in [1.165, 1.54) is 0 Å². The Morgan fingerprint density at radius 2 is 1.93 bits per heavy atom. The third kappa shape index (κ3) is 3.21. The molecular weight excluding hydrogens is 340 g/mol. The number of carbonyl (C=O) groups excluding carboxylic acids is 2. The van der Waals surface area contributed by atoms with E-state index in [2.05, 4.69) is 10.6 Å². The molecule has 2 aromatic rings. The van der Waals surface area contributed by atoms with Gasteiger partial charge >= 0.3 is 0 Å². The van der Waals surface area contributed by atoms with Crippen LogP contribution in [-0.4, -0.2) is 11.7 Å². The van der Waals surface area contributed by atoms with Gasteiger partial charge in [-0.05, 0) is 51.0 Å². The Hall–Kier alpha value is -3.08. The van der Waals surface area contributed by atoms with Crippen molar-refractivity contribution >= 4 is 17.4 Å². The molecule has 0 spiro atoms. The lowest BCUT2D eigenvalue weighted by Gasteiger charge is -2.33. The fraction of sp³-hybridized carbons (Fsp3) is 0.273. The molecule has 1 aliphatic carbocycles. The molecule has 4 rings (SSSR count). The molecular formula is C22H22N2O3. The second-order valence-corrected chi connectivity index (χ2v) is 7.10. The summed E-state index contributed by atoms with van der Waals surface area (Å²) >= 11 is 0. The number of benzene rings is 1. The van der Waals surface area contributed by atoms with Gasteiger partial charge in [0.25, 0.3) is 5.91 Å². The van der Waals surface area contributed by atoms with Crippen LogP contribution in [0.2, 0.25) is 0 Å². The molecule has 1 aromatic carbocycles. The molecule has 0 radical (unpaired) electrons. The molecule has 1 unspecified atom stereocenters. The van der Waals surface area contributed by atoms with E-state index in [-0.39, 0.29) is 11.7 Å². The number of dihydropyridines is 1. The monoisotopic (exact) mass is 362 g/mol. The summed E-state index contributed by atoms with van der Waals surface area (Å²) < 4.78 is 5.64. The Kier molecular flexibility index (Phi) is 4.44. The summed E-state index contributed by atoms with van der Waals surface area (Å²) in [5, 5.41) is 6.26. The molecule has 0 saturated carbocycles. The predicted molar refractivity (Wildman–Crippen MR) is 103 cm³/mol. The minimum atomic E-state index is -0.477. The summed E-state index contributed by atoms with van der Waals surface area (Å²) in [7, 11) is 0. The average molecular weight is 362 g/mol. The molecule has 1 aliphatic heterocycles.